The predicted molar refractivity (Wildman–Crippen MR) is 70.9 cm³/mol. The molecule has 9 heteroatoms. The Morgan fingerprint density at radius 3 is 3.00 bits per heavy atom. The third-order valence-corrected chi connectivity index (χ3v) is 3.44. The lowest BCUT2D eigenvalue weighted by molar-refractivity contribution is -0.114. The standard InChI is InChI=1S/C12H13N5O4/c1-5-12(20)17(8-2-6(19)7(3-18)21-8)11-9(16-5)10(13)14-4-15-11/h4,6-8,13,18-19H,1-3H2/p+1/t6-,7-,8-/m1/s1. The number of amidine groups is 1. The van der Waals surface area contributed by atoms with Gasteiger partial charge in [0.2, 0.25) is 12.0 Å². The van der Waals surface area contributed by atoms with Crippen molar-refractivity contribution in [3.63, 3.8) is 0 Å². The zero-order chi connectivity index (χ0) is 15.1. The maximum absolute atomic E-state index is 12.3. The van der Waals surface area contributed by atoms with Crippen molar-refractivity contribution in [3.8, 4) is 0 Å². The van der Waals surface area contributed by atoms with Crippen LogP contribution in [0.4, 0.5) is 0 Å². The number of ether oxygens (including phenoxy) is 1. The van der Waals surface area contributed by atoms with Gasteiger partial charge in [0.15, 0.2) is 5.49 Å². The van der Waals surface area contributed by atoms with Gasteiger partial charge >= 0.3 is 5.84 Å². The minimum atomic E-state index is -0.873. The number of nitrogens with two attached hydrogens (primary N) is 1. The zero-order valence-electron chi connectivity index (χ0n) is 11.0. The first-order chi connectivity index (χ1) is 10.0. The number of aliphatic hydroxyl groups is 2. The van der Waals surface area contributed by atoms with Gasteiger partial charge < -0.3 is 14.9 Å². The fourth-order valence-electron chi connectivity index (χ4n) is 2.39. The van der Waals surface area contributed by atoms with Crippen molar-refractivity contribution in [1.29, 1.82) is 0 Å². The molecule has 0 aromatic carbocycles. The van der Waals surface area contributed by atoms with Crippen molar-refractivity contribution in [2.45, 2.75) is 24.9 Å². The largest absolute Gasteiger partial charge is 0.394 e. The summed E-state index contributed by atoms with van der Waals surface area (Å²) in [5.41, 5.74) is -0.0419. The maximum Gasteiger partial charge on any atom is 0.345 e. The minimum absolute atomic E-state index is 0.0189. The first kappa shape index (κ1) is 13.7. The fourth-order valence-corrected chi connectivity index (χ4v) is 2.39. The summed E-state index contributed by atoms with van der Waals surface area (Å²) in [6.45, 7) is 3.24. The van der Waals surface area contributed by atoms with Gasteiger partial charge in [0.1, 0.15) is 17.7 Å². The molecule has 0 bridgehead atoms. The van der Waals surface area contributed by atoms with Crippen LogP contribution >= 0.6 is 0 Å². The molecular weight excluding hydrogens is 278 g/mol. The van der Waals surface area contributed by atoms with Crippen LogP contribution in [0, 0.1) is 0 Å². The summed E-state index contributed by atoms with van der Waals surface area (Å²) in [5, 5.41) is 24.7. The monoisotopic (exact) mass is 292 g/mol. The van der Waals surface area contributed by atoms with Crippen molar-refractivity contribution in [2.75, 3.05) is 6.61 Å². The first-order valence-electron chi connectivity index (χ1n) is 6.32. The van der Waals surface area contributed by atoms with Crippen LogP contribution in [0.25, 0.3) is 6.58 Å². The molecule has 0 saturated carbocycles. The van der Waals surface area contributed by atoms with E-state index in [1.54, 1.807) is 0 Å². The van der Waals surface area contributed by atoms with Gasteiger partial charge in [-0.2, -0.15) is 4.99 Å². The number of fused-ring (bicyclic) bond motifs is 1. The normalized spacial score (nSPS) is 27.5. The Bertz CT molecular complexity index is 799. The van der Waals surface area contributed by atoms with Gasteiger partial charge in [-0.05, 0) is 4.99 Å². The van der Waals surface area contributed by atoms with Crippen LogP contribution in [0.3, 0.4) is 0 Å². The molecule has 4 N–H and O–H groups in total. The molecular formula is C12H14N5O4+. The highest BCUT2D eigenvalue weighted by Crippen LogP contribution is 2.26. The number of nitrogens with zero attached hydrogens (tertiary/aromatic N) is 4. The van der Waals surface area contributed by atoms with Gasteiger partial charge in [-0.15, -0.1) is 0 Å². The van der Waals surface area contributed by atoms with E-state index in [-0.39, 0.29) is 35.4 Å². The molecule has 0 unspecified atom stereocenters. The van der Waals surface area contributed by atoms with E-state index in [2.05, 4.69) is 21.5 Å². The summed E-state index contributed by atoms with van der Waals surface area (Å²) in [6, 6.07) is 0. The van der Waals surface area contributed by atoms with E-state index < -0.39 is 24.0 Å². The highest BCUT2D eigenvalue weighted by molar-refractivity contribution is 5.98. The molecule has 21 heavy (non-hydrogen) atoms. The third-order valence-electron chi connectivity index (χ3n) is 3.44. The summed E-state index contributed by atoms with van der Waals surface area (Å²) < 4.78 is 6.74. The molecule has 2 aliphatic rings. The second kappa shape index (κ2) is 4.95. The highest BCUT2D eigenvalue weighted by Gasteiger charge is 2.36. The molecule has 2 aliphatic heterocycles. The summed E-state index contributed by atoms with van der Waals surface area (Å²) in [7, 11) is 0. The molecule has 0 amide bonds. The lowest BCUT2D eigenvalue weighted by Crippen LogP contribution is -2.53. The van der Waals surface area contributed by atoms with E-state index in [1.807, 2.05) is 0 Å². The van der Waals surface area contributed by atoms with Gasteiger partial charge in [0, 0.05) is 6.42 Å². The minimum Gasteiger partial charge on any atom is -0.394 e. The second-order valence-corrected chi connectivity index (χ2v) is 4.78. The van der Waals surface area contributed by atoms with E-state index in [0.717, 1.165) is 0 Å². The average Bonchev–Trinajstić information content (AvgIpc) is 2.82. The lowest BCUT2D eigenvalue weighted by atomic mass is 10.2. The van der Waals surface area contributed by atoms with Crippen LogP contribution in [-0.2, 0) is 4.74 Å². The lowest BCUT2D eigenvalue weighted by Gasteiger charge is -2.16. The molecule has 1 saturated heterocycles. The van der Waals surface area contributed by atoms with Crippen molar-refractivity contribution in [3.05, 3.63) is 26.9 Å². The molecule has 0 aliphatic carbocycles. The van der Waals surface area contributed by atoms with Crippen LogP contribution in [0.1, 0.15) is 18.3 Å². The topological polar surface area (TPSA) is 135 Å². The number of rotatable bonds is 2. The number of aliphatic imine (C=N–C) groups is 1. The summed E-state index contributed by atoms with van der Waals surface area (Å²) in [6.07, 6.45) is -1.04. The van der Waals surface area contributed by atoms with Crippen molar-refractivity contribution < 1.29 is 20.4 Å². The van der Waals surface area contributed by atoms with E-state index in [4.69, 9.17) is 15.3 Å². The van der Waals surface area contributed by atoms with Crippen molar-refractivity contribution in [1.82, 2.24) is 9.55 Å². The highest BCUT2D eigenvalue weighted by atomic mass is 16.5. The third kappa shape index (κ3) is 2.11. The fraction of sp³-hybridized carbons (Fsp3) is 0.417. The molecule has 0 spiro atoms. The van der Waals surface area contributed by atoms with E-state index in [9.17, 15) is 9.90 Å². The molecule has 1 aromatic heterocycles. The number of hydrogen-bond acceptors (Lipinski definition) is 6. The Morgan fingerprint density at radius 1 is 1.57 bits per heavy atom. The Morgan fingerprint density at radius 2 is 2.33 bits per heavy atom. The predicted octanol–water partition coefficient (Wildman–Crippen LogP) is -4.54. The van der Waals surface area contributed by atoms with Gasteiger partial charge in [-0.25, -0.2) is 4.98 Å². The van der Waals surface area contributed by atoms with E-state index >= 15 is 0 Å². The summed E-state index contributed by atoms with van der Waals surface area (Å²) in [5.74, 6) is 0.121. The van der Waals surface area contributed by atoms with Crippen molar-refractivity contribution in [2.24, 2.45) is 9.98 Å². The Kier molecular flexibility index (Phi) is 3.24. The van der Waals surface area contributed by atoms with Crippen LogP contribution in [0.15, 0.2) is 14.8 Å². The molecule has 9 nitrogen and oxygen atoms in total. The summed E-state index contributed by atoms with van der Waals surface area (Å²) >= 11 is 0. The quantitative estimate of drug-likeness (QED) is 0.504. The van der Waals surface area contributed by atoms with Crippen LogP contribution < -0.4 is 21.8 Å². The average molecular weight is 292 g/mol. The number of aliphatic hydroxyl groups excluding tert-OH is 2. The summed E-state index contributed by atoms with van der Waals surface area (Å²) in [4.78, 5) is 24.1. The molecule has 3 atom stereocenters. The number of aromatic nitrogens is 2. The maximum atomic E-state index is 12.3. The zero-order valence-corrected chi connectivity index (χ0v) is 11.0. The second-order valence-electron chi connectivity index (χ2n) is 4.78. The van der Waals surface area contributed by atoms with Crippen LogP contribution in [0.2, 0.25) is 0 Å². The van der Waals surface area contributed by atoms with Crippen molar-refractivity contribution >= 4 is 18.8 Å². The first-order valence-corrected chi connectivity index (χ1v) is 6.32. The Hall–Kier alpha value is -2.23. The van der Waals surface area contributed by atoms with Gasteiger partial charge in [0.25, 0.3) is 5.56 Å². The Labute approximate surface area is 118 Å². The number of hydrogen-bond donors (Lipinski definition) is 3. The molecule has 0 radical (unpaired) electrons. The van der Waals surface area contributed by atoms with Gasteiger partial charge in [-0.1, -0.05) is 6.58 Å². The van der Waals surface area contributed by atoms with Crippen LogP contribution in [0.5, 0.6) is 0 Å². The molecule has 1 aromatic rings. The molecule has 3 heterocycles. The van der Waals surface area contributed by atoms with E-state index in [0.29, 0.717) is 0 Å². The smallest absolute Gasteiger partial charge is 0.345 e. The van der Waals surface area contributed by atoms with Gasteiger partial charge in [-0.3, -0.25) is 14.8 Å². The Balaban J connectivity index is 2.21. The molecule has 3 rings (SSSR count). The van der Waals surface area contributed by atoms with Crippen LogP contribution in [-0.4, -0.2) is 50.8 Å². The SMILES string of the molecule is C=c1nc2c(n([C@H]3C[C@@H](O)[C@@H](CO)O3)c1=O)=NC=NC2=[NH2+]. The molecule has 1 fully saturated rings. The van der Waals surface area contributed by atoms with E-state index in [1.165, 1.54) is 10.9 Å². The molecule has 110 valence electrons. The van der Waals surface area contributed by atoms with Gasteiger partial charge in [0.05, 0.1) is 12.7 Å².